The van der Waals surface area contributed by atoms with Crippen molar-refractivity contribution in [2.45, 2.75) is 17.4 Å². The van der Waals surface area contributed by atoms with E-state index < -0.39 is 26.1 Å². The maximum atomic E-state index is 13.4. The number of hydrogen-bond donors (Lipinski definition) is 1. The number of hydrogen-bond acceptors (Lipinski definition) is 6. The van der Waals surface area contributed by atoms with E-state index in [4.69, 9.17) is 11.6 Å². The Morgan fingerprint density at radius 2 is 1.81 bits per heavy atom. The smallest absolute Gasteiger partial charge is 0.279 e. The number of sulfonamides is 2. The molecule has 0 fully saturated rings. The van der Waals surface area contributed by atoms with E-state index in [-0.39, 0.29) is 4.90 Å². The first-order valence-electron chi connectivity index (χ1n) is 9.12. The summed E-state index contributed by atoms with van der Waals surface area (Å²) >= 11 is 7.37. The van der Waals surface area contributed by atoms with Crippen LogP contribution < -0.4 is 4.72 Å². The number of hydrazone groups is 1. The molecular formula is C20H18ClN3O4S3. The molecule has 0 saturated heterocycles. The number of rotatable bonds is 6. The van der Waals surface area contributed by atoms with Crippen LogP contribution in [0, 0.1) is 0 Å². The molecule has 1 aromatic heterocycles. The van der Waals surface area contributed by atoms with Gasteiger partial charge >= 0.3 is 0 Å². The van der Waals surface area contributed by atoms with E-state index in [1.165, 1.54) is 35.6 Å². The fourth-order valence-electron chi connectivity index (χ4n) is 3.27. The molecule has 7 nitrogen and oxygen atoms in total. The molecule has 0 aliphatic carbocycles. The second-order valence-electron chi connectivity index (χ2n) is 6.97. The van der Waals surface area contributed by atoms with Crippen molar-refractivity contribution in [3.8, 4) is 0 Å². The molecule has 0 saturated carbocycles. The summed E-state index contributed by atoms with van der Waals surface area (Å²) in [5.41, 5.74) is 1.58. The van der Waals surface area contributed by atoms with Gasteiger partial charge in [-0.2, -0.15) is 17.9 Å². The zero-order valence-corrected chi connectivity index (χ0v) is 19.5. The Morgan fingerprint density at radius 1 is 1.06 bits per heavy atom. The molecule has 4 rings (SSSR count). The lowest BCUT2D eigenvalue weighted by molar-refractivity contribution is 0.375. The SMILES string of the molecule is CS(=O)(=O)Nc1cccc(C2=NN(S(=O)(=O)c3ccc(Cl)cc3)[C@H](c3cccs3)C2)c1. The summed E-state index contributed by atoms with van der Waals surface area (Å²) in [5, 5.41) is 6.79. The van der Waals surface area contributed by atoms with Crippen LogP contribution in [0.15, 0.2) is 76.0 Å². The highest BCUT2D eigenvalue weighted by Crippen LogP contribution is 2.39. The summed E-state index contributed by atoms with van der Waals surface area (Å²) in [6.45, 7) is 0. The average molecular weight is 496 g/mol. The van der Waals surface area contributed by atoms with Crippen molar-refractivity contribution in [2.24, 2.45) is 5.10 Å². The number of thiophene rings is 1. The third-order valence-electron chi connectivity index (χ3n) is 4.60. The molecule has 11 heteroatoms. The van der Waals surface area contributed by atoms with Crippen molar-refractivity contribution >= 4 is 54.4 Å². The summed E-state index contributed by atoms with van der Waals surface area (Å²) in [6.07, 6.45) is 1.43. The van der Waals surface area contributed by atoms with Crippen LogP contribution in [-0.4, -0.2) is 33.2 Å². The molecule has 0 unspecified atom stereocenters. The van der Waals surface area contributed by atoms with Crippen molar-refractivity contribution < 1.29 is 16.8 Å². The molecule has 1 aliphatic heterocycles. The van der Waals surface area contributed by atoms with Gasteiger partial charge in [-0.15, -0.1) is 11.3 Å². The molecule has 1 atom stereocenters. The predicted octanol–water partition coefficient (Wildman–Crippen LogP) is 4.31. The Labute approximate surface area is 190 Å². The summed E-state index contributed by atoms with van der Waals surface area (Å²) in [7, 11) is -7.37. The summed E-state index contributed by atoms with van der Waals surface area (Å²) < 4.78 is 53.4. The molecule has 2 aromatic carbocycles. The minimum Gasteiger partial charge on any atom is -0.284 e. The van der Waals surface area contributed by atoms with Crippen LogP contribution in [0.5, 0.6) is 0 Å². The van der Waals surface area contributed by atoms with Crippen LogP contribution in [0.3, 0.4) is 0 Å². The Kier molecular flexibility index (Phi) is 5.82. The highest BCUT2D eigenvalue weighted by Gasteiger charge is 2.38. The lowest BCUT2D eigenvalue weighted by atomic mass is 10.0. The zero-order chi connectivity index (χ0) is 22.2. The summed E-state index contributed by atoms with van der Waals surface area (Å²) in [4.78, 5) is 0.956. The maximum Gasteiger partial charge on any atom is 0.279 e. The summed E-state index contributed by atoms with van der Waals surface area (Å²) in [6, 6.07) is 15.9. The van der Waals surface area contributed by atoms with Crippen molar-refractivity contribution in [1.29, 1.82) is 0 Å². The quantitative estimate of drug-likeness (QED) is 0.551. The predicted molar refractivity (Wildman–Crippen MR) is 124 cm³/mol. The van der Waals surface area contributed by atoms with Gasteiger partial charge in [-0.25, -0.2) is 8.42 Å². The van der Waals surface area contributed by atoms with Crippen LogP contribution in [-0.2, 0) is 20.0 Å². The molecule has 2 heterocycles. The van der Waals surface area contributed by atoms with E-state index in [9.17, 15) is 16.8 Å². The third-order valence-corrected chi connectivity index (χ3v) is 8.13. The number of halogens is 1. The van der Waals surface area contributed by atoms with E-state index in [0.717, 1.165) is 15.5 Å². The Hall–Kier alpha value is -2.40. The van der Waals surface area contributed by atoms with Crippen LogP contribution in [0.4, 0.5) is 5.69 Å². The van der Waals surface area contributed by atoms with Gasteiger partial charge < -0.3 is 0 Å². The molecule has 31 heavy (non-hydrogen) atoms. The molecule has 0 bridgehead atoms. The molecule has 3 aromatic rings. The number of benzene rings is 2. The van der Waals surface area contributed by atoms with Gasteiger partial charge in [-0.1, -0.05) is 29.8 Å². The molecular weight excluding hydrogens is 478 g/mol. The molecule has 0 amide bonds. The first-order chi connectivity index (χ1) is 14.6. The van der Waals surface area contributed by atoms with Gasteiger partial charge in [0.15, 0.2) is 0 Å². The third kappa shape index (κ3) is 4.77. The van der Waals surface area contributed by atoms with Gasteiger partial charge in [0, 0.05) is 22.0 Å². The van der Waals surface area contributed by atoms with Crippen LogP contribution in [0.2, 0.25) is 5.02 Å². The maximum absolute atomic E-state index is 13.4. The highest BCUT2D eigenvalue weighted by molar-refractivity contribution is 7.92. The van der Waals surface area contributed by atoms with E-state index in [1.807, 2.05) is 17.5 Å². The van der Waals surface area contributed by atoms with Crippen molar-refractivity contribution in [3.63, 3.8) is 0 Å². The van der Waals surface area contributed by atoms with E-state index in [0.29, 0.717) is 28.4 Å². The lowest BCUT2D eigenvalue weighted by Gasteiger charge is -2.22. The molecule has 0 spiro atoms. The number of anilines is 1. The second kappa shape index (κ2) is 8.27. The van der Waals surface area contributed by atoms with E-state index in [1.54, 1.807) is 24.3 Å². The normalized spacial score (nSPS) is 16.9. The first-order valence-corrected chi connectivity index (χ1v) is 13.7. The topological polar surface area (TPSA) is 95.9 Å². The van der Waals surface area contributed by atoms with E-state index >= 15 is 0 Å². The van der Waals surface area contributed by atoms with E-state index in [2.05, 4.69) is 9.82 Å². The molecule has 162 valence electrons. The van der Waals surface area contributed by atoms with Crippen molar-refractivity contribution in [3.05, 3.63) is 81.5 Å². The second-order valence-corrected chi connectivity index (χ2v) is 11.9. The summed E-state index contributed by atoms with van der Waals surface area (Å²) in [5.74, 6) is 0. The Morgan fingerprint density at radius 3 is 2.45 bits per heavy atom. The van der Waals surface area contributed by atoms with Gasteiger partial charge in [0.1, 0.15) is 6.04 Å². The molecule has 1 aliphatic rings. The lowest BCUT2D eigenvalue weighted by Crippen LogP contribution is -2.26. The first kappa shape index (κ1) is 21.8. The standard InChI is InChI=1S/C20H18ClN3O4S3/c1-30(25,26)23-16-5-2-4-14(12-16)18-13-19(20-6-3-11-29-20)24(22-18)31(27,28)17-9-7-15(21)8-10-17/h2-12,19,23H,13H2,1H3/t19-/m0/s1. The largest absolute Gasteiger partial charge is 0.284 e. The Balaban J connectivity index is 1.76. The fourth-order valence-corrected chi connectivity index (χ4v) is 6.25. The zero-order valence-electron chi connectivity index (χ0n) is 16.3. The number of nitrogens with zero attached hydrogens (tertiary/aromatic N) is 2. The van der Waals surface area contributed by atoms with Crippen molar-refractivity contribution in [2.75, 3.05) is 11.0 Å². The van der Waals surface area contributed by atoms with Gasteiger partial charge in [-0.3, -0.25) is 4.72 Å². The van der Waals surface area contributed by atoms with Crippen LogP contribution in [0.25, 0.3) is 0 Å². The van der Waals surface area contributed by atoms with Gasteiger partial charge in [0.25, 0.3) is 10.0 Å². The monoisotopic (exact) mass is 495 g/mol. The van der Waals surface area contributed by atoms with Gasteiger partial charge in [0.2, 0.25) is 10.0 Å². The van der Waals surface area contributed by atoms with Gasteiger partial charge in [0.05, 0.1) is 16.9 Å². The minimum atomic E-state index is -3.93. The molecule has 1 N–H and O–H groups in total. The minimum absolute atomic E-state index is 0.0935. The average Bonchev–Trinajstić information content (AvgIpc) is 3.37. The molecule has 0 radical (unpaired) electrons. The highest BCUT2D eigenvalue weighted by atomic mass is 35.5. The van der Waals surface area contributed by atoms with Crippen LogP contribution >= 0.6 is 22.9 Å². The number of nitrogens with one attached hydrogen (secondary N) is 1. The van der Waals surface area contributed by atoms with Crippen molar-refractivity contribution in [1.82, 2.24) is 4.41 Å². The van der Waals surface area contributed by atoms with Crippen LogP contribution in [0.1, 0.15) is 22.9 Å². The fraction of sp³-hybridized carbons (Fsp3) is 0.150. The Bertz CT molecular complexity index is 1340. The van der Waals surface area contributed by atoms with Gasteiger partial charge in [-0.05, 0) is 53.4 Å².